The Balaban J connectivity index is 1.82. The van der Waals surface area contributed by atoms with Crippen molar-refractivity contribution in [3.63, 3.8) is 0 Å². The molecule has 19 heavy (non-hydrogen) atoms. The van der Waals surface area contributed by atoms with Gasteiger partial charge >= 0.3 is 0 Å². The van der Waals surface area contributed by atoms with Crippen LogP contribution in [0.2, 0.25) is 0 Å². The molecule has 0 aliphatic rings. The topological polar surface area (TPSA) is 60.2 Å². The predicted molar refractivity (Wildman–Crippen MR) is 71.9 cm³/mol. The molecule has 2 rings (SSSR count). The number of aliphatic hydroxyl groups excluding tert-OH is 1. The molecule has 102 valence electrons. The van der Waals surface area contributed by atoms with Gasteiger partial charge in [0.25, 0.3) is 0 Å². The third-order valence-electron chi connectivity index (χ3n) is 2.89. The van der Waals surface area contributed by atoms with Gasteiger partial charge in [-0.15, -0.1) is 5.10 Å². The summed E-state index contributed by atoms with van der Waals surface area (Å²) in [6.07, 6.45) is 1.86. The van der Waals surface area contributed by atoms with E-state index < -0.39 is 6.10 Å². The van der Waals surface area contributed by atoms with Crippen LogP contribution < -0.4 is 4.74 Å². The summed E-state index contributed by atoms with van der Waals surface area (Å²) in [4.78, 5) is 0. The van der Waals surface area contributed by atoms with Gasteiger partial charge in [-0.2, -0.15) is 0 Å². The number of benzene rings is 1. The Kier molecular flexibility index (Phi) is 4.52. The molecule has 0 fully saturated rings. The average Bonchev–Trinajstić information content (AvgIpc) is 2.89. The van der Waals surface area contributed by atoms with Crippen molar-refractivity contribution in [3.8, 4) is 5.75 Å². The number of nitrogens with zero attached hydrogens (tertiary/aromatic N) is 3. The lowest BCUT2D eigenvalue weighted by Crippen LogP contribution is -2.08. The molecule has 1 atom stereocenters. The van der Waals surface area contributed by atoms with Crippen molar-refractivity contribution in [2.45, 2.75) is 32.9 Å². The highest BCUT2D eigenvalue weighted by atomic mass is 16.5. The highest BCUT2D eigenvalue weighted by Crippen LogP contribution is 2.13. The van der Waals surface area contributed by atoms with Gasteiger partial charge in [-0.1, -0.05) is 29.8 Å². The van der Waals surface area contributed by atoms with Gasteiger partial charge in [-0.25, -0.2) is 4.68 Å². The van der Waals surface area contributed by atoms with Gasteiger partial charge < -0.3 is 9.84 Å². The van der Waals surface area contributed by atoms with Crippen LogP contribution in [0, 0.1) is 6.92 Å². The SMILES string of the molecule is CCC(O)c1cn(CCOc2ccc(C)cc2)nn1. The van der Waals surface area contributed by atoms with Gasteiger partial charge in [0, 0.05) is 0 Å². The standard InChI is InChI=1S/C14H19N3O2/c1-3-14(18)13-10-17(16-15-13)8-9-19-12-6-4-11(2)5-7-12/h4-7,10,14,18H,3,8-9H2,1-2H3. The van der Waals surface area contributed by atoms with E-state index in [1.165, 1.54) is 5.56 Å². The number of aromatic nitrogens is 3. The lowest BCUT2D eigenvalue weighted by molar-refractivity contribution is 0.168. The summed E-state index contributed by atoms with van der Waals surface area (Å²) in [6, 6.07) is 7.92. The first-order chi connectivity index (χ1) is 9.19. The lowest BCUT2D eigenvalue weighted by Gasteiger charge is -2.06. The highest BCUT2D eigenvalue weighted by molar-refractivity contribution is 5.26. The summed E-state index contributed by atoms with van der Waals surface area (Å²) in [6.45, 7) is 5.08. The molecule has 0 bridgehead atoms. The summed E-state index contributed by atoms with van der Waals surface area (Å²) >= 11 is 0. The van der Waals surface area contributed by atoms with Crippen LogP contribution in [0.4, 0.5) is 0 Å². The molecule has 1 N–H and O–H groups in total. The van der Waals surface area contributed by atoms with Crippen molar-refractivity contribution in [3.05, 3.63) is 41.7 Å². The van der Waals surface area contributed by atoms with Gasteiger partial charge in [0.05, 0.1) is 18.8 Å². The minimum atomic E-state index is -0.535. The Morgan fingerprint density at radius 3 is 2.74 bits per heavy atom. The number of aliphatic hydroxyl groups is 1. The van der Waals surface area contributed by atoms with Crippen LogP contribution in [0.1, 0.15) is 30.7 Å². The molecule has 0 spiro atoms. The van der Waals surface area contributed by atoms with Gasteiger partial charge in [0.1, 0.15) is 18.1 Å². The fraction of sp³-hybridized carbons (Fsp3) is 0.429. The van der Waals surface area contributed by atoms with E-state index in [4.69, 9.17) is 4.74 Å². The smallest absolute Gasteiger partial charge is 0.119 e. The first-order valence-corrected chi connectivity index (χ1v) is 6.46. The summed E-state index contributed by atoms with van der Waals surface area (Å²) in [5.41, 5.74) is 1.82. The lowest BCUT2D eigenvalue weighted by atomic mass is 10.2. The molecule has 1 heterocycles. The number of hydrogen-bond donors (Lipinski definition) is 1. The third kappa shape index (κ3) is 3.79. The van der Waals surface area contributed by atoms with E-state index in [0.29, 0.717) is 25.3 Å². The summed E-state index contributed by atoms with van der Waals surface area (Å²) in [5, 5.41) is 17.5. The van der Waals surface area contributed by atoms with Crippen molar-refractivity contribution >= 4 is 0 Å². The second kappa shape index (κ2) is 6.33. The molecule has 2 aromatic rings. The van der Waals surface area contributed by atoms with Gasteiger partial charge in [0.2, 0.25) is 0 Å². The Labute approximate surface area is 112 Å². The van der Waals surface area contributed by atoms with Gasteiger partial charge in [-0.05, 0) is 25.5 Å². The Morgan fingerprint density at radius 2 is 2.05 bits per heavy atom. The predicted octanol–water partition coefficient (Wildman–Crippen LogP) is 2.11. The van der Waals surface area contributed by atoms with E-state index in [9.17, 15) is 5.11 Å². The molecule has 5 nitrogen and oxygen atoms in total. The van der Waals surface area contributed by atoms with Crippen LogP contribution in [-0.4, -0.2) is 26.7 Å². The molecule has 0 aliphatic carbocycles. The van der Waals surface area contributed by atoms with Gasteiger partial charge in [0.15, 0.2) is 0 Å². The molecular formula is C14H19N3O2. The highest BCUT2D eigenvalue weighted by Gasteiger charge is 2.09. The van der Waals surface area contributed by atoms with E-state index in [1.807, 2.05) is 38.1 Å². The van der Waals surface area contributed by atoms with E-state index in [2.05, 4.69) is 10.3 Å². The second-order valence-electron chi connectivity index (χ2n) is 4.49. The Hall–Kier alpha value is -1.88. The monoisotopic (exact) mass is 261 g/mol. The van der Waals surface area contributed by atoms with E-state index >= 15 is 0 Å². The maximum Gasteiger partial charge on any atom is 0.119 e. The fourth-order valence-corrected chi connectivity index (χ4v) is 1.68. The van der Waals surface area contributed by atoms with Crippen LogP contribution in [0.25, 0.3) is 0 Å². The zero-order valence-electron chi connectivity index (χ0n) is 11.3. The molecule has 1 aromatic heterocycles. The molecule has 0 radical (unpaired) electrons. The van der Waals surface area contributed by atoms with E-state index in [-0.39, 0.29) is 0 Å². The van der Waals surface area contributed by atoms with Crippen molar-refractivity contribution in [1.82, 2.24) is 15.0 Å². The summed E-state index contributed by atoms with van der Waals surface area (Å²) in [5.74, 6) is 0.847. The number of ether oxygens (including phenoxy) is 1. The number of rotatable bonds is 6. The molecule has 1 aromatic carbocycles. The maximum absolute atomic E-state index is 9.62. The number of aryl methyl sites for hydroxylation is 1. The second-order valence-corrected chi connectivity index (χ2v) is 4.49. The molecule has 0 saturated heterocycles. The van der Waals surface area contributed by atoms with E-state index in [0.717, 1.165) is 5.75 Å². The molecular weight excluding hydrogens is 242 g/mol. The van der Waals surface area contributed by atoms with Gasteiger partial charge in [-0.3, -0.25) is 0 Å². The first kappa shape index (κ1) is 13.5. The summed E-state index contributed by atoms with van der Waals surface area (Å²) in [7, 11) is 0. The molecule has 5 heteroatoms. The molecule has 0 saturated carbocycles. The quantitative estimate of drug-likeness (QED) is 0.865. The minimum absolute atomic E-state index is 0.522. The maximum atomic E-state index is 9.62. The van der Waals surface area contributed by atoms with E-state index in [1.54, 1.807) is 10.9 Å². The van der Waals surface area contributed by atoms with Crippen LogP contribution in [0.3, 0.4) is 0 Å². The largest absolute Gasteiger partial charge is 0.492 e. The van der Waals surface area contributed by atoms with Crippen molar-refractivity contribution < 1.29 is 9.84 Å². The molecule has 0 aliphatic heterocycles. The average molecular weight is 261 g/mol. The zero-order chi connectivity index (χ0) is 13.7. The summed E-state index contributed by atoms with van der Waals surface area (Å²) < 4.78 is 7.29. The van der Waals surface area contributed by atoms with Crippen LogP contribution in [-0.2, 0) is 6.54 Å². The van der Waals surface area contributed by atoms with Crippen molar-refractivity contribution in [2.24, 2.45) is 0 Å². The van der Waals surface area contributed by atoms with Crippen LogP contribution in [0.5, 0.6) is 5.75 Å². The third-order valence-corrected chi connectivity index (χ3v) is 2.89. The molecule has 0 amide bonds. The minimum Gasteiger partial charge on any atom is -0.492 e. The van der Waals surface area contributed by atoms with Crippen molar-refractivity contribution in [1.29, 1.82) is 0 Å². The number of hydrogen-bond acceptors (Lipinski definition) is 4. The molecule has 1 unspecified atom stereocenters. The normalized spacial score (nSPS) is 12.4. The fourth-order valence-electron chi connectivity index (χ4n) is 1.68. The first-order valence-electron chi connectivity index (χ1n) is 6.46. The Morgan fingerprint density at radius 1 is 1.32 bits per heavy atom. The van der Waals surface area contributed by atoms with Crippen LogP contribution >= 0.6 is 0 Å². The van der Waals surface area contributed by atoms with Crippen LogP contribution in [0.15, 0.2) is 30.5 Å². The Bertz CT molecular complexity index is 508. The zero-order valence-corrected chi connectivity index (χ0v) is 11.3. The van der Waals surface area contributed by atoms with Crippen molar-refractivity contribution in [2.75, 3.05) is 6.61 Å².